The highest BCUT2D eigenvalue weighted by Crippen LogP contribution is 2.38. The molecular weight excluding hydrogens is 232 g/mol. The van der Waals surface area contributed by atoms with Gasteiger partial charge < -0.3 is 5.41 Å². The molecule has 1 heterocycles. The highest BCUT2D eigenvalue weighted by molar-refractivity contribution is 6.07. The van der Waals surface area contributed by atoms with Crippen LogP contribution >= 0.6 is 0 Å². The van der Waals surface area contributed by atoms with E-state index in [0.717, 1.165) is 31.2 Å². The fourth-order valence-corrected chi connectivity index (χ4v) is 2.98. The van der Waals surface area contributed by atoms with Crippen molar-refractivity contribution >= 4 is 11.9 Å². The van der Waals surface area contributed by atoms with Crippen molar-refractivity contribution in [3.63, 3.8) is 0 Å². The monoisotopic (exact) mass is 254 g/mol. The van der Waals surface area contributed by atoms with Crippen molar-refractivity contribution in [3.8, 4) is 0 Å². The lowest BCUT2D eigenvalue weighted by molar-refractivity contribution is 0.372. The molecule has 0 unspecified atom stereocenters. The Morgan fingerprint density at radius 2 is 1.95 bits per heavy atom. The van der Waals surface area contributed by atoms with Crippen LogP contribution in [0.5, 0.6) is 0 Å². The normalized spacial score (nSPS) is 19.8. The quantitative estimate of drug-likeness (QED) is 0.807. The number of hydrogen-bond donors (Lipinski definition) is 1. The second-order valence-corrected chi connectivity index (χ2v) is 5.13. The maximum Gasteiger partial charge on any atom is 0.0630 e. The SMILES string of the molecule is CCC1(CC)CCC=N/C=C\C(=N)c2ccccc21. The molecule has 1 N–H and O–H groups in total. The van der Waals surface area contributed by atoms with E-state index in [4.69, 9.17) is 5.41 Å². The zero-order valence-corrected chi connectivity index (χ0v) is 11.8. The van der Waals surface area contributed by atoms with Crippen LogP contribution in [-0.2, 0) is 5.41 Å². The van der Waals surface area contributed by atoms with Crippen LogP contribution in [0.1, 0.15) is 50.7 Å². The van der Waals surface area contributed by atoms with E-state index in [1.54, 1.807) is 12.3 Å². The molecule has 2 rings (SSSR count). The predicted molar refractivity (Wildman–Crippen MR) is 82.4 cm³/mol. The topological polar surface area (TPSA) is 36.2 Å². The van der Waals surface area contributed by atoms with E-state index in [1.807, 2.05) is 12.3 Å². The second kappa shape index (κ2) is 5.96. The summed E-state index contributed by atoms with van der Waals surface area (Å²) in [5.41, 5.74) is 3.10. The third-order valence-corrected chi connectivity index (χ3v) is 4.33. The van der Waals surface area contributed by atoms with Gasteiger partial charge >= 0.3 is 0 Å². The summed E-state index contributed by atoms with van der Waals surface area (Å²) in [6, 6.07) is 8.37. The number of fused-ring (bicyclic) bond motifs is 1. The van der Waals surface area contributed by atoms with Gasteiger partial charge in [0.1, 0.15) is 0 Å². The third kappa shape index (κ3) is 2.67. The lowest BCUT2D eigenvalue weighted by Gasteiger charge is -2.34. The highest BCUT2D eigenvalue weighted by atomic mass is 14.7. The molecule has 2 heteroatoms. The van der Waals surface area contributed by atoms with Crippen LogP contribution in [0, 0.1) is 5.41 Å². The van der Waals surface area contributed by atoms with Crippen LogP contribution in [0.2, 0.25) is 0 Å². The number of rotatable bonds is 2. The Kier molecular flexibility index (Phi) is 4.31. The molecule has 0 amide bonds. The zero-order chi connectivity index (χ0) is 13.7. The minimum atomic E-state index is 0.167. The zero-order valence-electron chi connectivity index (χ0n) is 11.8. The minimum Gasteiger partial charge on any atom is -0.300 e. The van der Waals surface area contributed by atoms with Crippen molar-refractivity contribution in [2.24, 2.45) is 4.99 Å². The van der Waals surface area contributed by atoms with Crippen LogP contribution in [0.3, 0.4) is 0 Å². The molecule has 1 aliphatic heterocycles. The molecule has 1 aromatic carbocycles. The molecule has 0 fully saturated rings. The van der Waals surface area contributed by atoms with Gasteiger partial charge in [0.25, 0.3) is 0 Å². The summed E-state index contributed by atoms with van der Waals surface area (Å²) in [7, 11) is 0. The van der Waals surface area contributed by atoms with E-state index < -0.39 is 0 Å². The van der Waals surface area contributed by atoms with E-state index in [9.17, 15) is 0 Å². The van der Waals surface area contributed by atoms with Gasteiger partial charge in [0.05, 0.1) is 5.71 Å². The standard InChI is InChI=1S/C17H22N2/c1-3-17(4-2)11-7-12-19-13-10-16(18)14-8-5-6-9-15(14)17/h5-6,8-10,12-13,18H,3-4,7,11H2,1-2H3/b13-10-,18-16?,19-12?. The van der Waals surface area contributed by atoms with Crippen LogP contribution < -0.4 is 0 Å². The number of benzene rings is 1. The third-order valence-electron chi connectivity index (χ3n) is 4.33. The van der Waals surface area contributed by atoms with Crippen LogP contribution in [-0.4, -0.2) is 11.9 Å². The summed E-state index contributed by atoms with van der Waals surface area (Å²) >= 11 is 0. The Morgan fingerprint density at radius 3 is 2.68 bits per heavy atom. The first-order valence-corrected chi connectivity index (χ1v) is 7.10. The summed E-state index contributed by atoms with van der Waals surface area (Å²) in [4.78, 5) is 4.24. The van der Waals surface area contributed by atoms with Gasteiger partial charge in [-0.05, 0) is 42.7 Å². The van der Waals surface area contributed by atoms with Crippen LogP contribution in [0.25, 0.3) is 0 Å². The molecule has 100 valence electrons. The molecule has 0 atom stereocenters. The molecule has 2 nitrogen and oxygen atoms in total. The van der Waals surface area contributed by atoms with Crippen LogP contribution in [0.4, 0.5) is 0 Å². The van der Waals surface area contributed by atoms with Crippen molar-refractivity contribution in [3.05, 3.63) is 47.7 Å². The van der Waals surface area contributed by atoms with Crippen molar-refractivity contribution in [1.82, 2.24) is 0 Å². The molecule has 1 aromatic rings. The fraction of sp³-hybridized carbons (Fsp3) is 0.412. The second-order valence-electron chi connectivity index (χ2n) is 5.13. The van der Waals surface area contributed by atoms with Gasteiger partial charge in [-0.15, -0.1) is 0 Å². The molecule has 0 saturated carbocycles. The van der Waals surface area contributed by atoms with Gasteiger partial charge in [0, 0.05) is 18.0 Å². The van der Waals surface area contributed by atoms with Crippen molar-refractivity contribution < 1.29 is 0 Å². The summed E-state index contributed by atoms with van der Waals surface area (Å²) < 4.78 is 0. The Bertz CT molecular complexity index is 508. The van der Waals surface area contributed by atoms with E-state index >= 15 is 0 Å². The summed E-state index contributed by atoms with van der Waals surface area (Å²) in [6.45, 7) is 4.51. The largest absolute Gasteiger partial charge is 0.300 e. The first-order chi connectivity index (χ1) is 9.23. The molecule has 1 aliphatic rings. The lowest BCUT2D eigenvalue weighted by Crippen LogP contribution is -2.27. The predicted octanol–water partition coefficient (Wildman–Crippen LogP) is 4.49. The molecule has 19 heavy (non-hydrogen) atoms. The van der Waals surface area contributed by atoms with E-state index in [0.29, 0.717) is 5.71 Å². The molecule has 0 bridgehead atoms. The molecular formula is C17H22N2. The molecule has 0 saturated heterocycles. The number of hydrogen-bond acceptors (Lipinski definition) is 2. The van der Waals surface area contributed by atoms with E-state index in [-0.39, 0.29) is 5.41 Å². The fourth-order valence-electron chi connectivity index (χ4n) is 2.98. The smallest absolute Gasteiger partial charge is 0.0630 e. The number of aliphatic imine (C=N–C) groups is 1. The van der Waals surface area contributed by atoms with Gasteiger partial charge in [-0.25, -0.2) is 0 Å². The maximum absolute atomic E-state index is 8.24. The first kappa shape index (κ1) is 13.7. The number of nitrogens with one attached hydrogen (secondary N) is 1. The Labute approximate surface area is 115 Å². The minimum absolute atomic E-state index is 0.167. The molecule has 0 aliphatic carbocycles. The lowest BCUT2D eigenvalue weighted by atomic mass is 9.70. The summed E-state index contributed by atoms with van der Waals surface area (Å²) in [5.74, 6) is 0. The molecule has 0 spiro atoms. The summed E-state index contributed by atoms with van der Waals surface area (Å²) in [5, 5.41) is 8.24. The summed E-state index contributed by atoms with van der Waals surface area (Å²) in [6.07, 6.45) is 9.78. The Balaban J connectivity index is 2.60. The van der Waals surface area contributed by atoms with Crippen molar-refractivity contribution in [1.29, 1.82) is 5.41 Å². The number of nitrogens with zero attached hydrogens (tertiary/aromatic N) is 1. The van der Waals surface area contributed by atoms with Gasteiger partial charge in [-0.2, -0.15) is 0 Å². The molecule has 0 radical (unpaired) electrons. The van der Waals surface area contributed by atoms with Gasteiger partial charge in [-0.3, -0.25) is 4.99 Å². The first-order valence-electron chi connectivity index (χ1n) is 7.10. The average Bonchev–Trinajstić information content (AvgIpc) is 2.47. The van der Waals surface area contributed by atoms with Crippen LogP contribution in [0.15, 0.2) is 41.5 Å². The highest BCUT2D eigenvalue weighted by Gasteiger charge is 2.30. The molecule has 0 aromatic heterocycles. The van der Waals surface area contributed by atoms with E-state index in [2.05, 4.69) is 37.0 Å². The average molecular weight is 254 g/mol. The van der Waals surface area contributed by atoms with Gasteiger partial charge in [0.2, 0.25) is 0 Å². The Morgan fingerprint density at radius 1 is 1.21 bits per heavy atom. The Hall–Kier alpha value is -1.70. The maximum atomic E-state index is 8.24. The van der Waals surface area contributed by atoms with Gasteiger partial charge in [0.15, 0.2) is 0 Å². The van der Waals surface area contributed by atoms with Crippen molar-refractivity contribution in [2.45, 2.75) is 44.9 Å². The van der Waals surface area contributed by atoms with E-state index in [1.165, 1.54) is 5.56 Å². The van der Waals surface area contributed by atoms with Crippen molar-refractivity contribution in [2.75, 3.05) is 0 Å². The number of allylic oxidation sites excluding steroid dienone is 1. The van der Waals surface area contributed by atoms with Gasteiger partial charge in [-0.1, -0.05) is 38.1 Å².